The summed E-state index contributed by atoms with van der Waals surface area (Å²) in [5, 5.41) is 15.5. The molecule has 5 atom stereocenters. The number of nitrogens with zero attached hydrogens (tertiary/aromatic N) is 1. The number of aliphatic hydroxyl groups is 1. The Bertz CT molecular complexity index is 910. The lowest BCUT2D eigenvalue weighted by atomic mass is 9.99. The normalized spacial score (nSPS) is 19.6. The van der Waals surface area contributed by atoms with E-state index in [2.05, 4.69) is 17.2 Å². The molecule has 5 unspecified atom stereocenters. The Kier molecular flexibility index (Phi) is 9.89. The topological polar surface area (TPSA) is 108 Å². The number of hydrogen-bond acceptors (Lipinski definition) is 5. The van der Waals surface area contributed by atoms with Gasteiger partial charge < -0.3 is 25.4 Å². The maximum atomic E-state index is 13.8. The van der Waals surface area contributed by atoms with Crippen molar-refractivity contribution in [3.8, 4) is 0 Å². The van der Waals surface area contributed by atoms with E-state index in [1.54, 1.807) is 26.8 Å². The van der Waals surface area contributed by atoms with Crippen LogP contribution in [0.4, 0.5) is 4.79 Å². The van der Waals surface area contributed by atoms with Crippen LogP contribution in [0, 0.1) is 5.92 Å². The third kappa shape index (κ3) is 8.09. The summed E-state index contributed by atoms with van der Waals surface area (Å²) in [4.78, 5) is 41.3. The highest BCUT2D eigenvalue weighted by Gasteiger charge is 2.48. The molecule has 1 aliphatic rings. The molecule has 0 bridgehead atoms. The van der Waals surface area contributed by atoms with Gasteiger partial charge in [-0.15, -0.1) is 0 Å². The van der Waals surface area contributed by atoms with E-state index in [1.807, 2.05) is 45.0 Å². The molecule has 0 saturated heterocycles. The molecule has 35 heavy (non-hydrogen) atoms. The van der Waals surface area contributed by atoms with E-state index in [1.165, 1.54) is 4.90 Å². The number of hydrogen-bond donors (Lipinski definition) is 3. The Labute approximate surface area is 209 Å². The first-order chi connectivity index (χ1) is 16.4. The van der Waals surface area contributed by atoms with Crippen LogP contribution in [0.2, 0.25) is 0 Å². The molecule has 2 rings (SSSR count). The summed E-state index contributed by atoms with van der Waals surface area (Å²) in [5.41, 5.74) is 0.703. The van der Waals surface area contributed by atoms with Crippen LogP contribution >= 0.6 is 0 Å². The molecule has 0 spiro atoms. The zero-order valence-electron chi connectivity index (χ0n) is 21.8. The van der Waals surface area contributed by atoms with E-state index in [4.69, 9.17) is 4.74 Å². The van der Waals surface area contributed by atoms with Crippen LogP contribution in [0.1, 0.15) is 78.0 Å². The Morgan fingerprint density at radius 2 is 1.94 bits per heavy atom. The number of nitrogens with one attached hydrogen (secondary N) is 2. The molecule has 194 valence electrons. The van der Waals surface area contributed by atoms with Crippen molar-refractivity contribution in [1.82, 2.24) is 15.5 Å². The summed E-state index contributed by atoms with van der Waals surface area (Å²) >= 11 is 0. The van der Waals surface area contributed by atoms with Gasteiger partial charge in [-0.05, 0) is 63.6 Å². The first-order valence-electron chi connectivity index (χ1n) is 12.4. The molecule has 1 fully saturated rings. The second-order valence-corrected chi connectivity index (χ2v) is 10.4. The molecule has 1 aromatic rings. The second kappa shape index (κ2) is 12.2. The SMILES string of the molecule is C=Cc1cccc(C(C(=O)NC(C)CCC)N(C(=O)C(CO)NC(=O)OC(C)(C)C)C2CC2C)c1. The standard InChI is InChI=1S/C27H41N3O5/c1-8-11-18(4)28-24(32)23(20-13-10-12-19(9-2)15-20)30(22-14-17(22)3)25(33)21(16-31)29-26(34)35-27(5,6)7/h9-10,12-13,15,17-18,21-23,31H,2,8,11,14,16H2,1,3-7H3,(H,28,32)(H,29,34). The third-order valence-corrected chi connectivity index (χ3v) is 5.95. The fourth-order valence-corrected chi connectivity index (χ4v) is 4.11. The lowest BCUT2D eigenvalue weighted by Gasteiger charge is -2.35. The largest absolute Gasteiger partial charge is 0.444 e. The third-order valence-electron chi connectivity index (χ3n) is 5.95. The fourth-order valence-electron chi connectivity index (χ4n) is 4.11. The first kappa shape index (κ1) is 28.4. The smallest absolute Gasteiger partial charge is 0.408 e. The van der Waals surface area contributed by atoms with Crippen LogP contribution in [0.15, 0.2) is 30.8 Å². The van der Waals surface area contributed by atoms with Gasteiger partial charge in [0.05, 0.1) is 6.61 Å². The van der Waals surface area contributed by atoms with Gasteiger partial charge in [-0.25, -0.2) is 4.79 Å². The van der Waals surface area contributed by atoms with Gasteiger partial charge >= 0.3 is 6.09 Å². The van der Waals surface area contributed by atoms with Crippen LogP contribution in [-0.4, -0.2) is 58.2 Å². The van der Waals surface area contributed by atoms with Gasteiger partial charge in [0, 0.05) is 12.1 Å². The summed E-state index contributed by atoms with van der Waals surface area (Å²) in [6.45, 7) is 14.3. The Morgan fingerprint density at radius 1 is 1.29 bits per heavy atom. The predicted octanol–water partition coefficient (Wildman–Crippen LogP) is 3.80. The molecule has 0 heterocycles. The van der Waals surface area contributed by atoms with Crippen LogP contribution in [0.25, 0.3) is 6.08 Å². The Balaban J connectivity index is 2.45. The monoisotopic (exact) mass is 487 g/mol. The van der Waals surface area contributed by atoms with Crippen molar-refractivity contribution < 1.29 is 24.2 Å². The maximum Gasteiger partial charge on any atom is 0.408 e. The van der Waals surface area contributed by atoms with E-state index in [0.29, 0.717) is 5.56 Å². The highest BCUT2D eigenvalue weighted by atomic mass is 16.6. The molecular weight excluding hydrogens is 446 g/mol. The van der Waals surface area contributed by atoms with Gasteiger partial charge in [-0.2, -0.15) is 0 Å². The molecule has 0 aromatic heterocycles. The van der Waals surface area contributed by atoms with Crippen LogP contribution < -0.4 is 10.6 Å². The molecule has 3 amide bonds. The number of ether oxygens (including phenoxy) is 1. The van der Waals surface area contributed by atoms with Gasteiger partial charge in [0.15, 0.2) is 0 Å². The van der Waals surface area contributed by atoms with Crippen molar-refractivity contribution in [1.29, 1.82) is 0 Å². The van der Waals surface area contributed by atoms with Gasteiger partial charge in [-0.1, -0.05) is 51.1 Å². The Hall–Kier alpha value is -2.87. The minimum absolute atomic E-state index is 0.0697. The molecule has 0 radical (unpaired) electrons. The van der Waals surface area contributed by atoms with E-state index < -0.39 is 36.3 Å². The maximum absolute atomic E-state index is 13.8. The van der Waals surface area contributed by atoms with Crippen LogP contribution in [0.5, 0.6) is 0 Å². The van der Waals surface area contributed by atoms with E-state index in [0.717, 1.165) is 24.8 Å². The number of alkyl carbamates (subject to hydrolysis) is 1. The minimum Gasteiger partial charge on any atom is -0.444 e. The van der Waals surface area contributed by atoms with Crippen molar-refractivity contribution in [3.05, 3.63) is 42.0 Å². The van der Waals surface area contributed by atoms with Gasteiger partial charge in [0.1, 0.15) is 17.7 Å². The van der Waals surface area contributed by atoms with Gasteiger partial charge in [0.25, 0.3) is 0 Å². The van der Waals surface area contributed by atoms with E-state index >= 15 is 0 Å². The number of rotatable bonds is 11. The molecule has 0 aliphatic heterocycles. The van der Waals surface area contributed by atoms with Crippen molar-refractivity contribution >= 4 is 24.0 Å². The highest BCUT2D eigenvalue weighted by molar-refractivity contribution is 5.93. The lowest BCUT2D eigenvalue weighted by molar-refractivity contribution is -0.144. The van der Waals surface area contributed by atoms with Gasteiger partial charge in [0.2, 0.25) is 11.8 Å². The number of benzene rings is 1. The van der Waals surface area contributed by atoms with Crippen molar-refractivity contribution in [2.24, 2.45) is 5.92 Å². The van der Waals surface area contributed by atoms with Crippen molar-refractivity contribution in [3.63, 3.8) is 0 Å². The average molecular weight is 488 g/mol. The summed E-state index contributed by atoms with van der Waals surface area (Å²) in [5.74, 6) is -0.639. The zero-order chi connectivity index (χ0) is 26.3. The molecule has 8 heteroatoms. The van der Waals surface area contributed by atoms with Crippen molar-refractivity contribution in [2.75, 3.05) is 6.61 Å². The molecule has 8 nitrogen and oxygen atoms in total. The zero-order valence-corrected chi connectivity index (χ0v) is 21.8. The number of carbonyl (C=O) groups excluding carboxylic acids is 3. The molecule has 1 aromatic carbocycles. The highest BCUT2D eigenvalue weighted by Crippen LogP contribution is 2.41. The van der Waals surface area contributed by atoms with E-state index in [-0.39, 0.29) is 23.9 Å². The average Bonchev–Trinajstić information content (AvgIpc) is 3.49. The first-order valence-corrected chi connectivity index (χ1v) is 12.4. The van der Waals surface area contributed by atoms with Gasteiger partial charge in [-0.3, -0.25) is 9.59 Å². The number of carbonyl (C=O) groups is 3. The summed E-state index contributed by atoms with van der Waals surface area (Å²) in [6, 6.07) is 4.91. The predicted molar refractivity (Wildman–Crippen MR) is 136 cm³/mol. The van der Waals surface area contributed by atoms with Crippen molar-refractivity contribution in [2.45, 2.75) is 90.6 Å². The number of amides is 3. The second-order valence-electron chi connectivity index (χ2n) is 10.4. The molecular formula is C27H41N3O5. The molecule has 1 aliphatic carbocycles. The molecule has 3 N–H and O–H groups in total. The van der Waals surface area contributed by atoms with Crippen LogP contribution in [0.3, 0.4) is 0 Å². The molecule has 1 saturated carbocycles. The quantitative estimate of drug-likeness (QED) is 0.440. The minimum atomic E-state index is -1.25. The van der Waals surface area contributed by atoms with E-state index in [9.17, 15) is 19.5 Å². The summed E-state index contributed by atoms with van der Waals surface area (Å²) in [7, 11) is 0. The fraction of sp³-hybridized carbons (Fsp3) is 0.593. The van der Waals surface area contributed by atoms with Crippen LogP contribution in [-0.2, 0) is 14.3 Å². The lowest BCUT2D eigenvalue weighted by Crippen LogP contribution is -2.55. The number of aliphatic hydroxyl groups excluding tert-OH is 1. The summed E-state index contributed by atoms with van der Waals surface area (Å²) < 4.78 is 5.28. The summed E-state index contributed by atoms with van der Waals surface area (Å²) in [6.07, 6.45) is 3.32. The Morgan fingerprint density at radius 3 is 2.46 bits per heavy atom.